The molecule has 1 aliphatic rings. The number of carbonyl (C=O) groups is 1. The fourth-order valence-electron chi connectivity index (χ4n) is 4.72. The van der Waals surface area contributed by atoms with Gasteiger partial charge in [-0.1, -0.05) is 54.6 Å². The maximum Gasteiger partial charge on any atom is 0.411 e. The number of aliphatic hydroxyl groups is 1. The Kier molecular flexibility index (Phi) is 6.41. The van der Waals surface area contributed by atoms with E-state index in [0.717, 1.165) is 16.7 Å². The van der Waals surface area contributed by atoms with E-state index >= 15 is 0 Å². The zero-order valence-electron chi connectivity index (χ0n) is 19.7. The van der Waals surface area contributed by atoms with Crippen LogP contribution >= 0.6 is 0 Å². The van der Waals surface area contributed by atoms with Crippen LogP contribution < -0.4 is 0 Å². The fourth-order valence-corrected chi connectivity index (χ4v) is 4.72. The number of amides is 1. The summed E-state index contributed by atoms with van der Waals surface area (Å²) >= 11 is 0. The molecule has 1 aliphatic heterocycles. The summed E-state index contributed by atoms with van der Waals surface area (Å²) in [5, 5.41) is 19.9. The first kappa shape index (κ1) is 23.5. The van der Waals surface area contributed by atoms with Crippen LogP contribution in [0.4, 0.5) is 4.79 Å². The molecule has 1 saturated heterocycles. The van der Waals surface area contributed by atoms with Crippen LogP contribution in [-0.2, 0) is 10.3 Å². The summed E-state index contributed by atoms with van der Waals surface area (Å²) < 4.78 is 6.10. The lowest BCUT2D eigenvalue weighted by molar-refractivity contribution is -0.101. The Bertz CT molecular complexity index is 1200. The van der Waals surface area contributed by atoms with Gasteiger partial charge in [-0.15, -0.1) is 0 Å². The van der Waals surface area contributed by atoms with Gasteiger partial charge in [0.1, 0.15) is 11.7 Å². The average Bonchev–Trinajstić information content (AvgIpc) is 2.83. The van der Waals surface area contributed by atoms with E-state index in [0.29, 0.717) is 30.6 Å². The molecule has 1 N–H and O–H groups in total. The van der Waals surface area contributed by atoms with Crippen LogP contribution in [0.25, 0.3) is 11.3 Å². The summed E-state index contributed by atoms with van der Waals surface area (Å²) in [5.41, 5.74) is 2.00. The Morgan fingerprint density at radius 2 is 1.85 bits per heavy atom. The van der Waals surface area contributed by atoms with Crippen LogP contribution in [0.2, 0.25) is 0 Å². The first-order chi connectivity index (χ1) is 16.2. The number of cyclic esters (lactones) is 1. The SMILES string of the molecule is C[C@@H](c1ccc(-c2ncccc2C#N)cc1)N1CC[C@](CC(C)(C)O)(c2ccccc2)OC1=O. The molecule has 2 heterocycles. The average molecular weight is 456 g/mol. The zero-order chi connectivity index (χ0) is 24.3. The van der Waals surface area contributed by atoms with E-state index in [2.05, 4.69) is 11.1 Å². The van der Waals surface area contributed by atoms with Crippen molar-refractivity contribution in [3.8, 4) is 17.3 Å². The number of hydrogen-bond donors (Lipinski definition) is 1. The van der Waals surface area contributed by atoms with Crippen molar-refractivity contribution in [2.24, 2.45) is 0 Å². The second kappa shape index (κ2) is 9.28. The Morgan fingerprint density at radius 1 is 1.15 bits per heavy atom. The summed E-state index contributed by atoms with van der Waals surface area (Å²) in [6.45, 7) is 5.96. The monoisotopic (exact) mass is 455 g/mol. The van der Waals surface area contributed by atoms with Gasteiger partial charge in [-0.05, 0) is 44.0 Å². The maximum atomic E-state index is 13.2. The number of carbonyl (C=O) groups excluding carboxylic acids is 1. The Hall–Kier alpha value is -3.69. The minimum atomic E-state index is -0.993. The predicted molar refractivity (Wildman–Crippen MR) is 130 cm³/mol. The van der Waals surface area contributed by atoms with Crippen molar-refractivity contribution in [3.05, 3.63) is 89.6 Å². The van der Waals surface area contributed by atoms with Gasteiger partial charge in [0.15, 0.2) is 0 Å². The first-order valence-electron chi connectivity index (χ1n) is 11.5. The normalized spacial score (nSPS) is 19.3. The van der Waals surface area contributed by atoms with Gasteiger partial charge in [-0.25, -0.2) is 4.79 Å². The van der Waals surface area contributed by atoms with Gasteiger partial charge in [0.2, 0.25) is 0 Å². The quantitative estimate of drug-likeness (QED) is 0.524. The Balaban J connectivity index is 1.55. The third kappa shape index (κ3) is 4.80. The Morgan fingerprint density at radius 3 is 2.47 bits per heavy atom. The lowest BCUT2D eigenvalue weighted by Gasteiger charge is -2.45. The molecule has 174 valence electrons. The van der Waals surface area contributed by atoms with E-state index in [1.807, 2.05) is 61.5 Å². The molecule has 6 heteroatoms. The summed E-state index contributed by atoms with van der Waals surface area (Å²) in [4.78, 5) is 19.3. The molecule has 1 aromatic heterocycles. The molecule has 34 heavy (non-hydrogen) atoms. The second-order valence-electron chi connectivity index (χ2n) is 9.47. The maximum absolute atomic E-state index is 13.2. The smallest absolute Gasteiger partial charge is 0.411 e. The summed E-state index contributed by atoms with van der Waals surface area (Å²) in [5.74, 6) is 0. The van der Waals surface area contributed by atoms with Crippen molar-refractivity contribution in [1.29, 1.82) is 5.26 Å². The van der Waals surface area contributed by atoms with Gasteiger partial charge in [-0.2, -0.15) is 5.26 Å². The standard InChI is InChI=1S/C28H29N3O3/c1-20(21-11-13-22(14-12-21)25-23(18-29)8-7-16-30-25)31-17-15-28(34-26(31)32,19-27(2,3)33)24-9-5-4-6-10-24/h4-14,16,20,33H,15,17,19H2,1-3H3/t20-,28-/m0/s1. The number of nitrogens with zero attached hydrogens (tertiary/aromatic N) is 3. The van der Waals surface area contributed by atoms with Crippen molar-refractivity contribution in [2.45, 2.75) is 50.9 Å². The third-order valence-corrected chi connectivity index (χ3v) is 6.35. The van der Waals surface area contributed by atoms with Crippen molar-refractivity contribution in [3.63, 3.8) is 0 Å². The molecule has 6 nitrogen and oxygen atoms in total. The van der Waals surface area contributed by atoms with Crippen LogP contribution in [0.5, 0.6) is 0 Å². The minimum absolute atomic E-state index is 0.198. The number of aromatic nitrogens is 1. The van der Waals surface area contributed by atoms with E-state index in [4.69, 9.17) is 4.74 Å². The minimum Gasteiger partial charge on any atom is -0.438 e. The topological polar surface area (TPSA) is 86.5 Å². The van der Waals surface area contributed by atoms with E-state index in [-0.39, 0.29) is 6.04 Å². The van der Waals surface area contributed by atoms with Gasteiger partial charge >= 0.3 is 6.09 Å². The van der Waals surface area contributed by atoms with Gasteiger partial charge in [-0.3, -0.25) is 4.98 Å². The van der Waals surface area contributed by atoms with Gasteiger partial charge < -0.3 is 14.7 Å². The number of benzene rings is 2. The number of pyridine rings is 1. The van der Waals surface area contributed by atoms with E-state index in [1.54, 1.807) is 37.1 Å². The highest BCUT2D eigenvalue weighted by Crippen LogP contribution is 2.42. The number of rotatable bonds is 6. The van der Waals surface area contributed by atoms with Gasteiger partial charge in [0, 0.05) is 31.1 Å². The van der Waals surface area contributed by atoms with Crippen LogP contribution in [0.3, 0.4) is 0 Å². The van der Waals surface area contributed by atoms with Crippen molar-refractivity contribution >= 4 is 6.09 Å². The number of hydrogen-bond acceptors (Lipinski definition) is 5. The molecule has 1 fully saturated rings. The first-order valence-corrected chi connectivity index (χ1v) is 11.5. The molecule has 2 atom stereocenters. The molecule has 0 unspecified atom stereocenters. The van der Waals surface area contributed by atoms with E-state index in [9.17, 15) is 15.2 Å². The van der Waals surface area contributed by atoms with Crippen LogP contribution in [-0.4, -0.2) is 33.2 Å². The molecule has 0 aliphatic carbocycles. The van der Waals surface area contributed by atoms with Crippen molar-refractivity contribution in [2.75, 3.05) is 6.54 Å². The fraction of sp³-hybridized carbons (Fsp3) is 0.321. The molecular formula is C28H29N3O3. The highest BCUT2D eigenvalue weighted by atomic mass is 16.6. The summed E-state index contributed by atoms with van der Waals surface area (Å²) in [7, 11) is 0. The van der Waals surface area contributed by atoms with Crippen LogP contribution in [0.1, 0.15) is 56.3 Å². The van der Waals surface area contributed by atoms with Gasteiger partial charge in [0.25, 0.3) is 0 Å². The highest BCUT2D eigenvalue weighted by Gasteiger charge is 2.46. The molecule has 0 spiro atoms. The lowest BCUT2D eigenvalue weighted by Crippen LogP contribution is -2.51. The van der Waals surface area contributed by atoms with Crippen molar-refractivity contribution in [1.82, 2.24) is 9.88 Å². The van der Waals surface area contributed by atoms with Crippen LogP contribution in [0.15, 0.2) is 72.9 Å². The summed E-state index contributed by atoms with van der Waals surface area (Å²) in [6.07, 6.45) is 2.17. The number of nitriles is 1. The van der Waals surface area contributed by atoms with E-state index in [1.165, 1.54) is 0 Å². The molecule has 0 radical (unpaired) electrons. The Labute approximate surface area is 200 Å². The van der Waals surface area contributed by atoms with Gasteiger partial charge in [0.05, 0.1) is 22.9 Å². The van der Waals surface area contributed by atoms with Crippen molar-refractivity contribution < 1.29 is 14.6 Å². The molecule has 2 aromatic carbocycles. The molecule has 3 aromatic rings. The number of ether oxygens (including phenoxy) is 1. The molecule has 0 saturated carbocycles. The predicted octanol–water partition coefficient (Wildman–Crippen LogP) is 5.58. The molecule has 0 bridgehead atoms. The molecular weight excluding hydrogens is 426 g/mol. The van der Waals surface area contributed by atoms with Crippen LogP contribution in [0, 0.1) is 11.3 Å². The van der Waals surface area contributed by atoms with E-state index < -0.39 is 17.3 Å². The second-order valence-corrected chi connectivity index (χ2v) is 9.47. The zero-order valence-corrected chi connectivity index (χ0v) is 19.7. The highest BCUT2D eigenvalue weighted by molar-refractivity contribution is 5.71. The lowest BCUT2D eigenvalue weighted by atomic mass is 9.80. The summed E-state index contributed by atoms with van der Waals surface area (Å²) in [6, 6.07) is 22.9. The largest absolute Gasteiger partial charge is 0.438 e. The molecule has 1 amide bonds. The third-order valence-electron chi connectivity index (χ3n) is 6.35. The molecule has 4 rings (SSSR count).